The molecule has 1 saturated heterocycles. The van der Waals surface area contributed by atoms with Crippen molar-refractivity contribution in [1.82, 2.24) is 10.2 Å². The van der Waals surface area contributed by atoms with Gasteiger partial charge in [0.1, 0.15) is 0 Å². The van der Waals surface area contributed by atoms with Gasteiger partial charge in [-0.25, -0.2) is 8.78 Å². The highest BCUT2D eigenvalue weighted by Gasteiger charge is 2.32. The normalized spacial score (nSPS) is 20.1. The number of hydrogen-bond acceptors (Lipinski definition) is 2. The first-order chi connectivity index (χ1) is 10.7. The largest absolute Gasteiger partial charge is 0.358 e. The van der Waals surface area contributed by atoms with Gasteiger partial charge in [-0.2, -0.15) is 0 Å². The maximum absolute atomic E-state index is 13.1. The highest BCUT2D eigenvalue weighted by molar-refractivity contribution is 7.80. The topological polar surface area (TPSA) is 44.4 Å². The summed E-state index contributed by atoms with van der Waals surface area (Å²) in [5.41, 5.74) is 0.184. The van der Waals surface area contributed by atoms with Crippen molar-refractivity contribution < 1.29 is 13.6 Å². The molecule has 2 N–H and O–H groups in total. The van der Waals surface area contributed by atoms with Crippen LogP contribution in [-0.2, 0) is 4.79 Å². The molecule has 1 fully saturated rings. The Kier molecular flexibility index (Phi) is 5.19. The summed E-state index contributed by atoms with van der Waals surface area (Å²) in [5, 5.41) is 6.45. The van der Waals surface area contributed by atoms with Crippen LogP contribution in [0, 0.1) is 11.6 Å². The molecule has 1 aromatic rings. The molecule has 1 atom stereocenters. The van der Waals surface area contributed by atoms with Gasteiger partial charge in [0.25, 0.3) is 0 Å². The molecule has 0 radical (unpaired) electrons. The van der Waals surface area contributed by atoms with E-state index in [4.69, 9.17) is 12.2 Å². The van der Waals surface area contributed by atoms with Gasteiger partial charge in [-0.3, -0.25) is 4.79 Å². The van der Waals surface area contributed by atoms with E-state index in [-0.39, 0.29) is 29.6 Å². The first-order valence-electron chi connectivity index (χ1n) is 7.51. The fourth-order valence-corrected chi connectivity index (χ4v) is 3.35. The standard InChI is InChI=1S/C16H21F2N3OS/c1-10-9-16(2,3)20-15(23)21(10)7-6-14(22)19-11-4-5-12(17)13(18)8-11/h4-5,8,10H,6-7,9H2,1-3H3,(H,19,22)(H,20,23)/t10-/m0/s1. The second kappa shape index (κ2) is 6.78. The lowest BCUT2D eigenvalue weighted by Gasteiger charge is -2.44. The Morgan fingerprint density at radius 1 is 1.43 bits per heavy atom. The zero-order chi connectivity index (χ0) is 17.2. The van der Waals surface area contributed by atoms with Gasteiger partial charge in [-0.05, 0) is 51.5 Å². The molecular weight excluding hydrogens is 320 g/mol. The molecule has 1 aromatic carbocycles. The number of nitrogens with zero attached hydrogens (tertiary/aromatic N) is 1. The first-order valence-corrected chi connectivity index (χ1v) is 7.92. The van der Waals surface area contributed by atoms with Gasteiger partial charge in [0.15, 0.2) is 16.7 Å². The number of hydrogen-bond donors (Lipinski definition) is 2. The summed E-state index contributed by atoms with van der Waals surface area (Å²) in [6.07, 6.45) is 1.13. The molecule has 0 unspecified atom stereocenters. The van der Waals surface area contributed by atoms with E-state index in [2.05, 4.69) is 31.4 Å². The summed E-state index contributed by atoms with van der Waals surface area (Å²) in [7, 11) is 0. The molecule has 1 amide bonds. The number of thiocarbonyl (C=S) groups is 1. The molecule has 0 aliphatic carbocycles. The lowest BCUT2D eigenvalue weighted by atomic mass is 9.93. The monoisotopic (exact) mass is 341 g/mol. The van der Waals surface area contributed by atoms with Crippen LogP contribution >= 0.6 is 12.2 Å². The zero-order valence-corrected chi connectivity index (χ0v) is 14.3. The number of anilines is 1. The van der Waals surface area contributed by atoms with Crippen LogP contribution in [0.4, 0.5) is 14.5 Å². The second-order valence-corrected chi connectivity index (χ2v) is 6.87. The molecule has 0 spiro atoms. The third-order valence-electron chi connectivity index (χ3n) is 3.83. The van der Waals surface area contributed by atoms with Crippen LogP contribution in [0.5, 0.6) is 0 Å². The van der Waals surface area contributed by atoms with Crippen LogP contribution < -0.4 is 10.6 Å². The Balaban J connectivity index is 1.89. The van der Waals surface area contributed by atoms with E-state index >= 15 is 0 Å². The Bertz CT molecular complexity index is 621. The number of carbonyl (C=O) groups is 1. The van der Waals surface area contributed by atoms with E-state index in [1.54, 1.807) is 0 Å². The number of carbonyl (C=O) groups excluding carboxylic acids is 1. The molecule has 4 nitrogen and oxygen atoms in total. The fourth-order valence-electron chi connectivity index (χ4n) is 2.80. The number of nitrogens with one attached hydrogen (secondary N) is 2. The molecule has 0 aromatic heterocycles. The fraction of sp³-hybridized carbons (Fsp3) is 0.500. The van der Waals surface area contributed by atoms with Crippen LogP contribution in [-0.4, -0.2) is 34.0 Å². The van der Waals surface area contributed by atoms with Crippen LogP contribution in [0.2, 0.25) is 0 Å². The molecule has 1 heterocycles. The minimum atomic E-state index is -0.986. The van der Waals surface area contributed by atoms with E-state index in [9.17, 15) is 13.6 Å². The van der Waals surface area contributed by atoms with Gasteiger partial charge in [-0.1, -0.05) is 0 Å². The van der Waals surface area contributed by atoms with Crippen molar-refractivity contribution >= 4 is 28.9 Å². The minimum Gasteiger partial charge on any atom is -0.358 e. The quantitative estimate of drug-likeness (QED) is 0.826. The predicted octanol–water partition coefficient (Wildman–Crippen LogP) is 3.04. The third kappa shape index (κ3) is 4.60. The molecule has 2 rings (SSSR count). The van der Waals surface area contributed by atoms with E-state index in [1.165, 1.54) is 6.07 Å². The van der Waals surface area contributed by atoms with Crippen molar-refractivity contribution in [3.63, 3.8) is 0 Å². The van der Waals surface area contributed by atoms with Gasteiger partial charge in [0, 0.05) is 36.3 Å². The number of benzene rings is 1. The first kappa shape index (κ1) is 17.6. The number of halogens is 2. The minimum absolute atomic E-state index is 0.0547. The van der Waals surface area contributed by atoms with Crippen LogP contribution in [0.3, 0.4) is 0 Å². The van der Waals surface area contributed by atoms with Crippen molar-refractivity contribution in [2.24, 2.45) is 0 Å². The van der Waals surface area contributed by atoms with E-state index in [0.29, 0.717) is 11.7 Å². The summed E-state index contributed by atoms with van der Waals surface area (Å²) in [6, 6.07) is 3.51. The van der Waals surface area contributed by atoms with Crippen molar-refractivity contribution in [1.29, 1.82) is 0 Å². The van der Waals surface area contributed by atoms with Gasteiger partial charge in [0.2, 0.25) is 5.91 Å². The smallest absolute Gasteiger partial charge is 0.226 e. The lowest BCUT2D eigenvalue weighted by molar-refractivity contribution is -0.116. The van der Waals surface area contributed by atoms with E-state index in [0.717, 1.165) is 18.6 Å². The summed E-state index contributed by atoms with van der Waals surface area (Å²) < 4.78 is 26.0. The Hall–Kier alpha value is -1.76. The molecule has 23 heavy (non-hydrogen) atoms. The second-order valence-electron chi connectivity index (χ2n) is 6.49. The molecule has 0 bridgehead atoms. The molecule has 1 aliphatic heterocycles. The maximum atomic E-state index is 13.1. The lowest BCUT2D eigenvalue weighted by Crippen LogP contribution is -2.60. The summed E-state index contributed by atoms with van der Waals surface area (Å²) in [6.45, 7) is 6.71. The maximum Gasteiger partial charge on any atom is 0.226 e. The zero-order valence-electron chi connectivity index (χ0n) is 13.5. The molecule has 1 aliphatic rings. The van der Waals surface area contributed by atoms with Gasteiger partial charge in [-0.15, -0.1) is 0 Å². The number of rotatable bonds is 4. The van der Waals surface area contributed by atoms with Gasteiger partial charge in [0.05, 0.1) is 0 Å². The van der Waals surface area contributed by atoms with Crippen molar-refractivity contribution in [2.75, 3.05) is 11.9 Å². The number of amides is 1. The Labute approximate surface area is 140 Å². The predicted molar refractivity (Wildman–Crippen MR) is 90.2 cm³/mol. The van der Waals surface area contributed by atoms with Crippen LogP contribution in [0.25, 0.3) is 0 Å². The van der Waals surface area contributed by atoms with Crippen molar-refractivity contribution in [3.05, 3.63) is 29.8 Å². The van der Waals surface area contributed by atoms with E-state index < -0.39 is 11.6 Å². The highest BCUT2D eigenvalue weighted by Crippen LogP contribution is 2.22. The Morgan fingerprint density at radius 2 is 2.13 bits per heavy atom. The van der Waals surface area contributed by atoms with Crippen molar-refractivity contribution in [3.8, 4) is 0 Å². The average Bonchev–Trinajstić information content (AvgIpc) is 2.40. The molecular formula is C16H21F2N3OS. The van der Waals surface area contributed by atoms with Crippen molar-refractivity contribution in [2.45, 2.75) is 45.2 Å². The van der Waals surface area contributed by atoms with E-state index in [1.807, 2.05) is 4.90 Å². The summed E-state index contributed by atoms with van der Waals surface area (Å²) in [4.78, 5) is 14.0. The van der Waals surface area contributed by atoms with Crippen LogP contribution in [0.15, 0.2) is 18.2 Å². The molecule has 7 heteroatoms. The van der Waals surface area contributed by atoms with Crippen LogP contribution in [0.1, 0.15) is 33.6 Å². The third-order valence-corrected chi connectivity index (χ3v) is 4.16. The summed E-state index contributed by atoms with van der Waals surface area (Å²) in [5.74, 6) is -2.19. The van der Waals surface area contributed by atoms with Gasteiger partial charge >= 0.3 is 0 Å². The average molecular weight is 341 g/mol. The highest BCUT2D eigenvalue weighted by atomic mass is 32.1. The van der Waals surface area contributed by atoms with Gasteiger partial charge < -0.3 is 15.5 Å². The molecule has 0 saturated carbocycles. The molecule has 126 valence electrons. The SMILES string of the molecule is C[C@H]1CC(C)(C)NC(=S)N1CCC(=O)Nc1ccc(F)c(F)c1. The Morgan fingerprint density at radius 3 is 2.74 bits per heavy atom. The summed E-state index contributed by atoms with van der Waals surface area (Å²) >= 11 is 5.36.